The van der Waals surface area contributed by atoms with Crippen molar-refractivity contribution in [1.29, 1.82) is 0 Å². The number of benzene rings is 1. The van der Waals surface area contributed by atoms with Crippen LogP contribution in [0.25, 0.3) is 22.1 Å². The van der Waals surface area contributed by atoms with Crippen molar-refractivity contribution in [2.24, 2.45) is 0 Å². The van der Waals surface area contributed by atoms with E-state index in [1.165, 1.54) is 11.9 Å². The second-order valence-corrected chi connectivity index (χ2v) is 4.55. The first-order chi connectivity index (χ1) is 8.34. The van der Waals surface area contributed by atoms with Crippen LogP contribution in [0.2, 0.25) is 0 Å². The van der Waals surface area contributed by atoms with Gasteiger partial charge in [-0.2, -0.15) is 5.10 Å². The van der Waals surface area contributed by atoms with Crippen LogP contribution in [0.5, 0.6) is 0 Å². The van der Waals surface area contributed by atoms with Crippen LogP contribution < -0.4 is 0 Å². The Hall–Kier alpha value is -2.01. The Morgan fingerprint density at radius 2 is 2.12 bits per heavy atom. The Morgan fingerprint density at radius 1 is 1.24 bits per heavy atom. The Kier molecular flexibility index (Phi) is 2.45. The maximum absolute atomic E-state index is 4.57. The molecule has 3 rings (SSSR count). The van der Waals surface area contributed by atoms with Gasteiger partial charge in [-0.1, -0.05) is 24.3 Å². The van der Waals surface area contributed by atoms with E-state index in [4.69, 9.17) is 0 Å². The SMILES string of the molecule is Cc1ccccc1-c1csc(-c2ncn[nH]2)n1. The molecule has 0 bridgehead atoms. The monoisotopic (exact) mass is 242 g/mol. The molecule has 2 aromatic heterocycles. The first kappa shape index (κ1) is 10.2. The highest BCUT2D eigenvalue weighted by molar-refractivity contribution is 7.13. The van der Waals surface area contributed by atoms with Crippen molar-refractivity contribution in [1.82, 2.24) is 20.2 Å². The van der Waals surface area contributed by atoms with Crippen molar-refractivity contribution in [3.05, 3.63) is 41.5 Å². The molecule has 0 aliphatic heterocycles. The van der Waals surface area contributed by atoms with Crippen LogP contribution in [-0.2, 0) is 0 Å². The molecule has 0 radical (unpaired) electrons. The van der Waals surface area contributed by atoms with Gasteiger partial charge in [-0.15, -0.1) is 11.3 Å². The number of H-pyrrole nitrogens is 1. The van der Waals surface area contributed by atoms with E-state index >= 15 is 0 Å². The Bertz CT molecular complexity index is 628. The first-order valence-corrected chi connectivity index (χ1v) is 6.10. The fourth-order valence-corrected chi connectivity index (χ4v) is 2.44. The van der Waals surface area contributed by atoms with Crippen molar-refractivity contribution in [3.8, 4) is 22.1 Å². The molecule has 2 heterocycles. The van der Waals surface area contributed by atoms with Crippen molar-refractivity contribution < 1.29 is 0 Å². The molecule has 0 saturated heterocycles. The van der Waals surface area contributed by atoms with E-state index in [-0.39, 0.29) is 0 Å². The van der Waals surface area contributed by atoms with Gasteiger partial charge in [0, 0.05) is 10.9 Å². The first-order valence-electron chi connectivity index (χ1n) is 5.22. The molecule has 0 aliphatic carbocycles. The number of nitrogens with zero attached hydrogens (tertiary/aromatic N) is 3. The summed E-state index contributed by atoms with van der Waals surface area (Å²) in [7, 11) is 0. The number of hydrogen-bond acceptors (Lipinski definition) is 4. The smallest absolute Gasteiger partial charge is 0.184 e. The van der Waals surface area contributed by atoms with Crippen LogP contribution in [0.15, 0.2) is 36.0 Å². The summed E-state index contributed by atoms with van der Waals surface area (Å²) in [5, 5.41) is 9.55. The average molecular weight is 242 g/mol. The van der Waals surface area contributed by atoms with Crippen molar-refractivity contribution in [2.75, 3.05) is 0 Å². The summed E-state index contributed by atoms with van der Waals surface area (Å²) in [5.41, 5.74) is 3.37. The Balaban J connectivity index is 2.04. The predicted octanol–water partition coefficient (Wildman–Crippen LogP) is 2.90. The third kappa shape index (κ3) is 1.85. The molecule has 0 spiro atoms. The summed E-state index contributed by atoms with van der Waals surface area (Å²) in [6.45, 7) is 2.09. The van der Waals surface area contributed by atoms with Crippen LogP contribution in [-0.4, -0.2) is 20.2 Å². The minimum Gasteiger partial charge on any atom is -0.257 e. The molecule has 84 valence electrons. The lowest BCUT2D eigenvalue weighted by Gasteiger charge is -2.00. The van der Waals surface area contributed by atoms with Crippen LogP contribution in [0.1, 0.15) is 5.56 Å². The van der Waals surface area contributed by atoms with Gasteiger partial charge in [0.05, 0.1) is 5.69 Å². The van der Waals surface area contributed by atoms with Crippen LogP contribution in [0, 0.1) is 6.92 Å². The topological polar surface area (TPSA) is 54.5 Å². The van der Waals surface area contributed by atoms with Gasteiger partial charge in [-0.3, -0.25) is 5.10 Å². The lowest BCUT2D eigenvalue weighted by molar-refractivity contribution is 1.09. The van der Waals surface area contributed by atoms with E-state index in [9.17, 15) is 0 Å². The lowest BCUT2D eigenvalue weighted by atomic mass is 10.1. The van der Waals surface area contributed by atoms with Crippen LogP contribution in [0.3, 0.4) is 0 Å². The molecule has 0 atom stereocenters. The fourth-order valence-electron chi connectivity index (χ4n) is 1.68. The highest BCUT2D eigenvalue weighted by atomic mass is 32.1. The number of rotatable bonds is 2. The number of thiazole rings is 1. The number of aromatic nitrogens is 4. The molecule has 0 fully saturated rings. The molecule has 3 aromatic rings. The van der Waals surface area contributed by atoms with E-state index in [1.807, 2.05) is 17.5 Å². The molecule has 0 saturated carbocycles. The molecule has 17 heavy (non-hydrogen) atoms. The molecule has 4 nitrogen and oxygen atoms in total. The second kappa shape index (κ2) is 4.10. The summed E-state index contributed by atoms with van der Waals surface area (Å²) in [6, 6.07) is 8.22. The standard InChI is InChI=1S/C12H10N4S/c1-8-4-2-3-5-9(8)10-6-17-12(15-10)11-13-7-14-16-11/h2-7H,1H3,(H,13,14,16). The van der Waals surface area contributed by atoms with Gasteiger partial charge in [-0.05, 0) is 12.5 Å². The zero-order chi connectivity index (χ0) is 11.7. The van der Waals surface area contributed by atoms with Gasteiger partial charge in [0.25, 0.3) is 0 Å². The molecular formula is C12H10N4S. The Morgan fingerprint density at radius 3 is 2.88 bits per heavy atom. The highest BCUT2D eigenvalue weighted by Crippen LogP contribution is 2.28. The molecule has 0 amide bonds. The van der Waals surface area contributed by atoms with Crippen molar-refractivity contribution >= 4 is 11.3 Å². The molecule has 1 N–H and O–H groups in total. The largest absolute Gasteiger partial charge is 0.257 e. The lowest BCUT2D eigenvalue weighted by Crippen LogP contribution is -1.84. The number of aryl methyl sites for hydroxylation is 1. The van der Waals surface area contributed by atoms with Crippen LogP contribution >= 0.6 is 11.3 Å². The van der Waals surface area contributed by atoms with E-state index in [0.717, 1.165) is 22.1 Å². The molecule has 1 aromatic carbocycles. The minimum atomic E-state index is 0.717. The van der Waals surface area contributed by atoms with Crippen molar-refractivity contribution in [3.63, 3.8) is 0 Å². The highest BCUT2D eigenvalue weighted by Gasteiger charge is 2.09. The minimum absolute atomic E-state index is 0.717. The summed E-state index contributed by atoms with van der Waals surface area (Å²) in [6.07, 6.45) is 1.49. The molecule has 0 aliphatic rings. The van der Waals surface area contributed by atoms with Gasteiger partial charge in [0.1, 0.15) is 6.33 Å². The van der Waals surface area contributed by atoms with E-state index in [2.05, 4.69) is 39.2 Å². The number of nitrogens with one attached hydrogen (secondary N) is 1. The van der Waals surface area contributed by atoms with Gasteiger partial charge >= 0.3 is 0 Å². The third-order valence-electron chi connectivity index (χ3n) is 2.54. The maximum atomic E-state index is 4.57. The van der Waals surface area contributed by atoms with E-state index < -0.39 is 0 Å². The summed E-state index contributed by atoms with van der Waals surface area (Å²) in [4.78, 5) is 8.67. The van der Waals surface area contributed by atoms with Gasteiger partial charge in [0.2, 0.25) is 0 Å². The summed E-state index contributed by atoms with van der Waals surface area (Å²) < 4.78 is 0. The van der Waals surface area contributed by atoms with Gasteiger partial charge in [-0.25, -0.2) is 9.97 Å². The Labute approximate surface area is 102 Å². The maximum Gasteiger partial charge on any atom is 0.184 e. The molecule has 5 heteroatoms. The quantitative estimate of drug-likeness (QED) is 0.751. The molecule has 0 unspecified atom stereocenters. The average Bonchev–Trinajstić information content (AvgIpc) is 3.00. The van der Waals surface area contributed by atoms with Crippen LogP contribution in [0.4, 0.5) is 0 Å². The number of hydrogen-bond donors (Lipinski definition) is 1. The normalized spacial score (nSPS) is 10.6. The third-order valence-corrected chi connectivity index (χ3v) is 3.39. The predicted molar refractivity (Wildman–Crippen MR) is 67.7 cm³/mol. The second-order valence-electron chi connectivity index (χ2n) is 3.69. The fraction of sp³-hybridized carbons (Fsp3) is 0.0833. The van der Waals surface area contributed by atoms with E-state index in [0.29, 0.717) is 0 Å². The summed E-state index contributed by atoms with van der Waals surface area (Å²) >= 11 is 1.57. The number of aromatic amines is 1. The van der Waals surface area contributed by atoms with Gasteiger partial charge < -0.3 is 0 Å². The van der Waals surface area contributed by atoms with E-state index in [1.54, 1.807) is 11.3 Å². The zero-order valence-electron chi connectivity index (χ0n) is 9.21. The van der Waals surface area contributed by atoms with Crippen molar-refractivity contribution in [2.45, 2.75) is 6.92 Å². The van der Waals surface area contributed by atoms with Gasteiger partial charge in [0.15, 0.2) is 10.8 Å². The summed E-state index contributed by atoms with van der Waals surface area (Å²) in [5.74, 6) is 0.717. The molecular weight excluding hydrogens is 232 g/mol. The zero-order valence-corrected chi connectivity index (χ0v) is 10.0.